The zero-order chi connectivity index (χ0) is 14.4. The molecule has 0 bridgehead atoms. The van der Waals surface area contributed by atoms with Gasteiger partial charge in [0, 0.05) is 5.56 Å². The van der Waals surface area contributed by atoms with Crippen LogP contribution in [0.25, 0.3) is 5.57 Å². The number of allylic oxidation sites excluding steroid dienone is 1. The van der Waals surface area contributed by atoms with Gasteiger partial charge in [-0.05, 0) is 37.1 Å². The van der Waals surface area contributed by atoms with Crippen LogP contribution >= 0.6 is 0 Å². The number of hydrogen-bond donors (Lipinski definition) is 1. The Morgan fingerprint density at radius 1 is 1.37 bits per heavy atom. The van der Waals surface area contributed by atoms with E-state index in [1.165, 1.54) is 6.07 Å². The van der Waals surface area contributed by atoms with Gasteiger partial charge in [0.05, 0.1) is 6.61 Å². The summed E-state index contributed by atoms with van der Waals surface area (Å²) in [5.74, 6) is -1.24. The molecule has 0 aromatic heterocycles. The van der Waals surface area contributed by atoms with Crippen molar-refractivity contribution in [1.29, 1.82) is 5.26 Å². The smallest absolute Gasteiger partial charge is 0.349 e. The van der Waals surface area contributed by atoms with E-state index in [-0.39, 0.29) is 12.2 Å². The average molecular weight is 258 g/mol. The van der Waals surface area contributed by atoms with E-state index >= 15 is 0 Å². The van der Waals surface area contributed by atoms with E-state index in [1.807, 2.05) is 6.07 Å². The van der Waals surface area contributed by atoms with E-state index in [0.29, 0.717) is 16.7 Å². The van der Waals surface area contributed by atoms with Gasteiger partial charge in [0.25, 0.3) is 0 Å². The molecular weight excluding hydrogens is 244 g/mol. The van der Waals surface area contributed by atoms with Crippen LogP contribution in [0.1, 0.15) is 29.8 Å². The maximum absolute atomic E-state index is 11.6. The monoisotopic (exact) mass is 258 g/mol. The third-order valence-electron chi connectivity index (χ3n) is 2.55. The van der Waals surface area contributed by atoms with Crippen LogP contribution in [0, 0.1) is 11.3 Å². The number of nitrogens with zero attached hydrogens (tertiary/aromatic N) is 1. The standard InChI is InChI=1S/C14H14N2O3/c1-3-19-14(18)12(8-15)9(2)10-5-4-6-11(7-10)13(16)17/h4-7H,3H2,1-2H3,(H2,16,17)/b12-9+. The number of ether oxygens (including phenoxy) is 1. The van der Waals surface area contributed by atoms with Gasteiger partial charge in [-0.1, -0.05) is 12.1 Å². The van der Waals surface area contributed by atoms with Gasteiger partial charge < -0.3 is 10.5 Å². The van der Waals surface area contributed by atoms with E-state index < -0.39 is 11.9 Å². The van der Waals surface area contributed by atoms with Crippen molar-refractivity contribution in [1.82, 2.24) is 0 Å². The molecule has 1 aromatic carbocycles. The van der Waals surface area contributed by atoms with Crippen LogP contribution in [0.3, 0.4) is 0 Å². The number of carbonyl (C=O) groups is 2. The lowest BCUT2D eigenvalue weighted by Gasteiger charge is -2.06. The second-order valence-corrected chi connectivity index (χ2v) is 3.78. The first-order chi connectivity index (χ1) is 9.01. The molecular formula is C14H14N2O3. The van der Waals surface area contributed by atoms with Crippen molar-refractivity contribution in [3.05, 3.63) is 41.0 Å². The molecule has 0 fully saturated rings. The normalized spacial score (nSPS) is 11.2. The summed E-state index contributed by atoms with van der Waals surface area (Å²) in [4.78, 5) is 22.7. The molecule has 98 valence electrons. The number of esters is 1. The minimum atomic E-state index is -0.674. The molecule has 0 heterocycles. The summed E-state index contributed by atoms with van der Waals surface area (Å²) in [5, 5.41) is 9.03. The molecule has 1 amide bonds. The second-order valence-electron chi connectivity index (χ2n) is 3.78. The number of amides is 1. The topological polar surface area (TPSA) is 93.2 Å². The number of hydrogen-bond acceptors (Lipinski definition) is 4. The number of nitriles is 1. The lowest BCUT2D eigenvalue weighted by molar-refractivity contribution is -0.137. The van der Waals surface area contributed by atoms with Crippen LogP contribution in [0.4, 0.5) is 0 Å². The van der Waals surface area contributed by atoms with Gasteiger partial charge in [-0.15, -0.1) is 0 Å². The fourth-order valence-corrected chi connectivity index (χ4v) is 1.54. The molecule has 2 N–H and O–H groups in total. The van der Waals surface area contributed by atoms with E-state index in [9.17, 15) is 9.59 Å². The Morgan fingerprint density at radius 3 is 2.53 bits per heavy atom. The number of rotatable bonds is 4. The quantitative estimate of drug-likeness (QED) is 0.504. The summed E-state index contributed by atoms with van der Waals surface area (Å²) >= 11 is 0. The first-order valence-corrected chi connectivity index (χ1v) is 5.69. The van der Waals surface area contributed by atoms with Gasteiger partial charge in [-0.3, -0.25) is 4.79 Å². The lowest BCUT2D eigenvalue weighted by Crippen LogP contribution is -2.11. The number of primary amides is 1. The van der Waals surface area contributed by atoms with Crippen molar-refractivity contribution in [2.24, 2.45) is 5.73 Å². The Hall–Kier alpha value is -2.61. The Morgan fingerprint density at radius 2 is 2.00 bits per heavy atom. The van der Waals surface area contributed by atoms with E-state index in [0.717, 1.165) is 0 Å². The first-order valence-electron chi connectivity index (χ1n) is 5.69. The fourth-order valence-electron chi connectivity index (χ4n) is 1.54. The third-order valence-corrected chi connectivity index (χ3v) is 2.55. The SMILES string of the molecule is CCOC(=O)/C(C#N)=C(\C)c1cccc(C(N)=O)c1. The Labute approximate surface area is 111 Å². The van der Waals surface area contributed by atoms with Crippen molar-refractivity contribution < 1.29 is 14.3 Å². The fraction of sp³-hybridized carbons (Fsp3) is 0.214. The summed E-state index contributed by atoms with van der Waals surface area (Å²) in [7, 11) is 0. The summed E-state index contributed by atoms with van der Waals surface area (Å²) < 4.78 is 4.80. The minimum Gasteiger partial charge on any atom is -0.462 e. The first kappa shape index (κ1) is 14.5. The zero-order valence-corrected chi connectivity index (χ0v) is 10.8. The van der Waals surface area contributed by atoms with E-state index in [4.69, 9.17) is 15.7 Å². The maximum atomic E-state index is 11.6. The van der Waals surface area contributed by atoms with Gasteiger partial charge in [-0.25, -0.2) is 4.79 Å². The van der Waals surface area contributed by atoms with Gasteiger partial charge in [0.1, 0.15) is 11.6 Å². The van der Waals surface area contributed by atoms with Crippen molar-refractivity contribution in [3.8, 4) is 6.07 Å². The molecule has 19 heavy (non-hydrogen) atoms. The highest BCUT2D eigenvalue weighted by Gasteiger charge is 2.15. The summed E-state index contributed by atoms with van der Waals surface area (Å²) in [5.41, 5.74) is 6.46. The van der Waals surface area contributed by atoms with Crippen molar-refractivity contribution in [2.75, 3.05) is 6.61 Å². The third kappa shape index (κ3) is 3.42. The summed E-state index contributed by atoms with van der Waals surface area (Å²) in [6.07, 6.45) is 0. The molecule has 0 aliphatic heterocycles. The van der Waals surface area contributed by atoms with Crippen LogP contribution in [-0.4, -0.2) is 18.5 Å². The molecule has 0 aliphatic carbocycles. The van der Waals surface area contributed by atoms with Crippen molar-refractivity contribution in [3.63, 3.8) is 0 Å². The van der Waals surface area contributed by atoms with E-state index in [2.05, 4.69) is 0 Å². The van der Waals surface area contributed by atoms with Crippen molar-refractivity contribution >= 4 is 17.4 Å². The largest absolute Gasteiger partial charge is 0.462 e. The summed E-state index contributed by atoms with van der Waals surface area (Å²) in [6.45, 7) is 3.48. The lowest BCUT2D eigenvalue weighted by atomic mass is 10.00. The molecule has 5 nitrogen and oxygen atoms in total. The number of nitrogens with two attached hydrogens (primary N) is 1. The molecule has 1 rings (SSSR count). The summed E-state index contributed by atoms with van der Waals surface area (Å²) in [6, 6.07) is 8.25. The van der Waals surface area contributed by atoms with Crippen LogP contribution in [0.5, 0.6) is 0 Å². The van der Waals surface area contributed by atoms with Gasteiger partial charge in [-0.2, -0.15) is 5.26 Å². The van der Waals surface area contributed by atoms with Gasteiger partial charge >= 0.3 is 5.97 Å². The molecule has 0 spiro atoms. The Kier molecular flexibility index (Phi) is 4.84. The molecule has 0 atom stereocenters. The van der Waals surface area contributed by atoms with Gasteiger partial charge in [0.2, 0.25) is 5.91 Å². The van der Waals surface area contributed by atoms with Crippen LogP contribution in [-0.2, 0) is 9.53 Å². The van der Waals surface area contributed by atoms with E-state index in [1.54, 1.807) is 32.0 Å². The average Bonchev–Trinajstić information content (AvgIpc) is 2.39. The molecule has 0 radical (unpaired) electrons. The number of carbonyl (C=O) groups excluding carboxylic acids is 2. The predicted octanol–water partition coefficient (Wildman–Crippen LogP) is 1.65. The second kappa shape index (κ2) is 6.36. The molecule has 1 aromatic rings. The zero-order valence-electron chi connectivity index (χ0n) is 10.8. The molecule has 0 unspecified atom stereocenters. The Balaban J connectivity index is 3.26. The van der Waals surface area contributed by atoms with Crippen molar-refractivity contribution in [2.45, 2.75) is 13.8 Å². The number of benzene rings is 1. The highest BCUT2D eigenvalue weighted by molar-refractivity contribution is 6.02. The van der Waals surface area contributed by atoms with Gasteiger partial charge in [0.15, 0.2) is 0 Å². The van der Waals surface area contributed by atoms with Crippen LogP contribution in [0.2, 0.25) is 0 Å². The molecule has 5 heteroatoms. The highest BCUT2D eigenvalue weighted by Crippen LogP contribution is 2.20. The Bertz CT molecular complexity index is 583. The van der Waals surface area contributed by atoms with Crippen LogP contribution in [0.15, 0.2) is 29.8 Å². The maximum Gasteiger partial charge on any atom is 0.349 e. The molecule has 0 aliphatic rings. The molecule has 0 saturated heterocycles. The predicted molar refractivity (Wildman–Crippen MR) is 69.8 cm³/mol. The minimum absolute atomic E-state index is 0.0801. The molecule has 0 saturated carbocycles. The van der Waals surface area contributed by atoms with Crippen LogP contribution < -0.4 is 5.73 Å². The highest BCUT2D eigenvalue weighted by atomic mass is 16.5.